The van der Waals surface area contributed by atoms with Gasteiger partial charge in [-0.25, -0.2) is 14.4 Å². The molecule has 150 valence electrons. The van der Waals surface area contributed by atoms with Gasteiger partial charge in [-0.3, -0.25) is 4.90 Å². The molecule has 2 heterocycles. The summed E-state index contributed by atoms with van der Waals surface area (Å²) in [7, 11) is 0. The molecule has 2 aromatic rings. The Bertz CT molecular complexity index is 707. The van der Waals surface area contributed by atoms with Gasteiger partial charge < -0.3 is 10.2 Å². The van der Waals surface area contributed by atoms with E-state index in [4.69, 9.17) is 0 Å². The minimum atomic E-state index is -0.390. The predicted molar refractivity (Wildman–Crippen MR) is 111 cm³/mol. The van der Waals surface area contributed by atoms with Gasteiger partial charge >= 0.3 is 0 Å². The van der Waals surface area contributed by atoms with E-state index in [1.165, 1.54) is 43.9 Å². The standard InChI is InChI=1S/C22H30FN5/c23-19-16-24-22(25-17-19)26-20-8-6-18(7-9-20)10-11-27-12-14-28(15-13-27)21-4-2-1-3-5-21/h1-5,16-18,20H,6-15H2,(H,24,25,26)/t18-,20-. The van der Waals surface area contributed by atoms with Crippen LogP contribution in [0.25, 0.3) is 0 Å². The van der Waals surface area contributed by atoms with E-state index in [9.17, 15) is 4.39 Å². The fourth-order valence-corrected chi connectivity index (χ4v) is 4.40. The molecule has 2 aliphatic rings. The van der Waals surface area contributed by atoms with Crippen molar-refractivity contribution in [2.45, 2.75) is 38.1 Å². The molecule has 0 bridgehead atoms. The first kappa shape index (κ1) is 19.1. The Labute approximate surface area is 167 Å². The van der Waals surface area contributed by atoms with Crippen molar-refractivity contribution in [3.63, 3.8) is 0 Å². The summed E-state index contributed by atoms with van der Waals surface area (Å²) >= 11 is 0. The molecule has 1 aliphatic carbocycles. The Morgan fingerprint density at radius 3 is 2.29 bits per heavy atom. The number of hydrogen-bond acceptors (Lipinski definition) is 5. The maximum absolute atomic E-state index is 12.9. The second kappa shape index (κ2) is 9.32. The molecule has 0 unspecified atom stereocenters. The number of nitrogens with zero attached hydrogens (tertiary/aromatic N) is 4. The van der Waals surface area contributed by atoms with Crippen molar-refractivity contribution in [3.05, 3.63) is 48.5 Å². The van der Waals surface area contributed by atoms with Crippen molar-refractivity contribution in [3.8, 4) is 0 Å². The average Bonchev–Trinajstić information content (AvgIpc) is 2.76. The van der Waals surface area contributed by atoms with Gasteiger partial charge in [0.15, 0.2) is 5.82 Å². The third-order valence-electron chi connectivity index (χ3n) is 6.15. The summed E-state index contributed by atoms with van der Waals surface area (Å²) in [5.74, 6) is 0.972. The number of rotatable bonds is 6. The maximum atomic E-state index is 12.9. The molecule has 0 atom stereocenters. The van der Waals surface area contributed by atoms with Crippen molar-refractivity contribution < 1.29 is 4.39 Å². The Balaban J connectivity index is 1.14. The van der Waals surface area contributed by atoms with Crippen molar-refractivity contribution in [1.29, 1.82) is 0 Å². The van der Waals surface area contributed by atoms with Gasteiger partial charge in [0.05, 0.1) is 12.4 Å². The van der Waals surface area contributed by atoms with Crippen LogP contribution in [0.2, 0.25) is 0 Å². The smallest absolute Gasteiger partial charge is 0.222 e. The lowest BCUT2D eigenvalue weighted by Gasteiger charge is -2.37. The lowest BCUT2D eigenvalue weighted by Crippen LogP contribution is -2.47. The lowest BCUT2D eigenvalue weighted by molar-refractivity contribution is 0.218. The summed E-state index contributed by atoms with van der Waals surface area (Å²) in [5, 5.41) is 3.35. The summed E-state index contributed by atoms with van der Waals surface area (Å²) in [4.78, 5) is 13.1. The molecule has 1 saturated heterocycles. The average molecular weight is 384 g/mol. The Kier molecular flexibility index (Phi) is 6.37. The molecule has 1 aromatic carbocycles. The molecule has 0 radical (unpaired) electrons. The molecule has 4 rings (SSSR count). The molecule has 6 heteroatoms. The highest BCUT2D eigenvalue weighted by Gasteiger charge is 2.23. The molecule has 0 amide bonds. The van der Waals surface area contributed by atoms with Crippen LogP contribution in [0.15, 0.2) is 42.7 Å². The van der Waals surface area contributed by atoms with Gasteiger partial charge in [0.25, 0.3) is 0 Å². The zero-order valence-corrected chi connectivity index (χ0v) is 16.4. The number of hydrogen-bond donors (Lipinski definition) is 1. The van der Waals surface area contributed by atoms with Crippen LogP contribution in [0.5, 0.6) is 0 Å². The molecule has 28 heavy (non-hydrogen) atoms. The van der Waals surface area contributed by atoms with E-state index in [1.807, 2.05) is 0 Å². The van der Waals surface area contributed by atoms with E-state index in [0.717, 1.165) is 44.9 Å². The fourth-order valence-electron chi connectivity index (χ4n) is 4.40. The minimum absolute atomic E-state index is 0.390. The molecule has 1 N–H and O–H groups in total. The summed E-state index contributed by atoms with van der Waals surface area (Å²) in [5.41, 5.74) is 1.35. The molecule has 1 saturated carbocycles. The zero-order chi connectivity index (χ0) is 19.2. The topological polar surface area (TPSA) is 44.3 Å². The number of para-hydroxylation sites is 1. The van der Waals surface area contributed by atoms with Crippen LogP contribution in [-0.2, 0) is 0 Å². The Morgan fingerprint density at radius 1 is 0.929 bits per heavy atom. The highest BCUT2D eigenvalue weighted by Crippen LogP contribution is 2.28. The van der Waals surface area contributed by atoms with Crippen LogP contribution in [0.4, 0.5) is 16.0 Å². The van der Waals surface area contributed by atoms with Crippen molar-refractivity contribution >= 4 is 11.6 Å². The van der Waals surface area contributed by atoms with Crippen LogP contribution in [0.1, 0.15) is 32.1 Å². The Hall–Kier alpha value is -2.21. The number of halogens is 1. The maximum Gasteiger partial charge on any atom is 0.222 e. The second-order valence-corrected chi connectivity index (χ2v) is 8.04. The van der Waals surface area contributed by atoms with E-state index in [-0.39, 0.29) is 5.82 Å². The predicted octanol–water partition coefficient (Wildman–Crippen LogP) is 3.80. The van der Waals surface area contributed by atoms with Gasteiger partial charge in [-0.05, 0) is 56.7 Å². The first-order chi connectivity index (χ1) is 13.8. The lowest BCUT2D eigenvalue weighted by atomic mass is 9.84. The summed E-state index contributed by atoms with van der Waals surface area (Å²) in [6.45, 7) is 5.78. The van der Waals surface area contributed by atoms with Gasteiger partial charge in [0.1, 0.15) is 0 Å². The van der Waals surface area contributed by atoms with E-state index >= 15 is 0 Å². The highest BCUT2D eigenvalue weighted by atomic mass is 19.1. The minimum Gasteiger partial charge on any atom is -0.369 e. The van der Waals surface area contributed by atoms with Gasteiger partial charge in [-0.15, -0.1) is 0 Å². The first-order valence-electron chi connectivity index (χ1n) is 10.5. The largest absolute Gasteiger partial charge is 0.369 e. The zero-order valence-electron chi connectivity index (χ0n) is 16.4. The second-order valence-electron chi connectivity index (χ2n) is 8.04. The third kappa shape index (κ3) is 5.19. The van der Waals surface area contributed by atoms with Crippen LogP contribution in [0.3, 0.4) is 0 Å². The van der Waals surface area contributed by atoms with Crippen LogP contribution >= 0.6 is 0 Å². The van der Waals surface area contributed by atoms with Gasteiger partial charge in [0.2, 0.25) is 5.95 Å². The molecule has 5 nitrogen and oxygen atoms in total. The van der Waals surface area contributed by atoms with E-state index in [0.29, 0.717) is 12.0 Å². The monoisotopic (exact) mass is 383 g/mol. The Morgan fingerprint density at radius 2 is 1.61 bits per heavy atom. The van der Waals surface area contributed by atoms with Crippen molar-refractivity contribution in [2.75, 3.05) is 42.9 Å². The van der Waals surface area contributed by atoms with E-state index in [2.05, 4.69) is 55.4 Å². The number of nitrogens with one attached hydrogen (secondary N) is 1. The van der Waals surface area contributed by atoms with Crippen LogP contribution < -0.4 is 10.2 Å². The number of benzene rings is 1. The molecule has 0 spiro atoms. The summed E-state index contributed by atoms with van der Waals surface area (Å²) in [6.07, 6.45) is 8.54. The van der Waals surface area contributed by atoms with Crippen LogP contribution in [-0.4, -0.2) is 53.6 Å². The molecular formula is C22H30FN5. The number of anilines is 2. The molecule has 1 aliphatic heterocycles. The van der Waals surface area contributed by atoms with E-state index in [1.54, 1.807) is 0 Å². The van der Waals surface area contributed by atoms with Crippen LogP contribution in [0, 0.1) is 11.7 Å². The first-order valence-corrected chi connectivity index (χ1v) is 10.5. The third-order valence-corrected chi connectivity index (χ3v) is 6.15. The SMILES string of the molecule is Fc1cnc(N[C@H]2CC[C@H](CCN3CCN(c4ccccc4)CC3)CC2)nc1. The van der Waals surface area contributed by atoms with Gasteiger partial charge in [0, 0.05) is 37.9 Å². The molecular weight excluding hydrogens is 353 g/mol. The van der Waals surface area contributed by atoms with Crippen molar-refractivity contribution in [2.24, 2.45) is 5.92 Å². The normalized spacial score (nSPS) is 23.5. The van der Waals surface area contributed by atoms with Gasteiger partial charge in [-0.1, -0.05) is 18.2 Å². The van der Waals surface area contributed by atoms with Gasteiger partial charge in [-0.2, -0.15) is 0 Å². The van der Waals surface area contributed by atoms with E-state index < -0.39 is 0 Å². The number of aromatic nitrogens is 2. The molecule has 1 aromatic heterocycles. The summed E-state index contributed by atoms with van der Waals surface area (Å²) < 4.78 is 12.9. The van der Waals surface area contributed by atoms with Crippen molar-refractivity contribution in [1.82, 2.24) is 14.9 Å². The fraction of sp³-hybridized carbons (Fsp3) is 0.545. The highest BCUT2D eigenvalue weighted by molar-refractivity contribution is 5.46. The quantitative estimate of drug-likeness (QED) is 0.822. The summed E-state index contributed by atoms with van der Waals surface area (Å²) in [6, 6.07) is 11.1. The number of piperazine rings is 1. The molecule has 2 fully saturated rings.